The van der Waals surface area contributed by atoms with Crippen LogP contribution in [-0.2, 0) is 22.4 Å². The number of hydrogen-bond acceptors (Lipinski definition) is 3. The Hall–Kier alpha value is -2.89. The van der Waals surface area contributed by atoms with Crippen LogP contribution in [0, 0.1) is 5.82 Å². The van der Waals surface area contributed by atoms with E-state index in [9.17, 15) is 14.0 Å². The average Bonchev–Trinajstić information content (AvgIpc) is 3.01. The summed E-state index contributed by atoms with van der Waals surface area (Å²) >= 11 is 0. The summed E-state index contributed by atoms with van der Waals surface area (Å²) < 4.78 is 13.9. The van der Waals surface area contributed by atoms with Crippen LogP contribution in [0.5, 0.6) is 0 Å². The van der Waals surface area contributed by atoms with Gasteiger partial charge < -0.3 is 15.1 Å². The molecule has 2 aromatic carbocycles. The molecule has 2 aliphatic heterocycles. The number of nitrogens with zero attached hydrogens (tertiary/aromatic N) is 2. The molecule has 2 amide bonds. The minimum atomic E-state index is -0.229. The van der Waals surface area contributed by atoms with Gasteiger partial charge in [0.05, 0.1) is 18.5 Å². The predicted octanol–water partition coefficient (Wildman–Crippen LogP) is 2.21. The molecule has 0 atom stereocenters. The van der Waals surface area contributed by atoms with E-state index in [2.05, 4.69) is 5.32 Å². The molecule has 2 aliphatic rings. The van der Waals surface area contributed by atoms with Gasteiger partial charge in [0.1, 0.15) is 5.82 Å². The lowest BCUT2D eigenvalue weighted by molar-refractivity contribution is -0.130. The molecule has 1 fully saturated rings. The molecule has 0 aliphatic carbocycles. The molecular formula is C20H20FN3O2. The Kier molecular flexibility index (Phi) is 4.32. The van der Waals surface area contributed by atoms with E-state index in [0.717, 1.165) is 16.8 Å². The van der Waals surface area contributed by atoms with Gasteiger partial charge in [-0.25, -0.2) is 4.39 Å². The number of benzene rings is 2. The van der Waals surface area contributed by atoms with E-state index < -0.39 is 0 Å². The summed E-state index contributed by atoms with van der Waals surface area (Å²) in [6.45, 7) is 2.39. The number of para-hydroxylation sites is 1. The van der Waals surface area contributed by atoms with Gasteiger partial charge in [-0.1, -0.05) is 24.3 Å². The van der Waals surface area contributed by atoms with Crippen molar-refractivity contribution < 1.29 is 14.0 Å². The van der Waals surface area contributed by atoms with Crippen molar-refractivity contribution in [2.75, 3.05) is 36.4 Å². The normalized spacial score (nSPS) is 16.4. The molecule has 0 bridgehead atoms. The van der Waals surface area contributed by atoms with Crippen molar-refractivity contribution in [3.63, 3.8) is 0 Å². The first kappa shape index (κ1) is 16.6. The van der Waals surface area contributed by atoms with Gasteiger partial charge in [0.15, 0.2) is 0 Å². The first-order valence-corrected chi connectivity index (χ1v) is 8.79. The zero-order valence-corrected chi connectivity index (χ0v) is 14.4. The Labute approximate surface area is 151 Å². The van der Waals surface area contributed by atoms with Gasteiger partial charge in [-0.15, -0.1) is 0 Å². The lowest BCUT2D eigenvalue weighted by Crippen LogP contribution is -2.49. The van der Waals surface area contributed by atoms with Crippen LogP contribution in [0.4, 0.5) is 15.8 Å². The second-order valence-electron chi connectivity index (χ2n) is 6.71. The fraction of sp³-hybridized carbons (Fsp3) is 0.300. The summed E-state index contributed by atoms with van der Waals surface area (Å²) in [7, 11) is 0. The van der Waals surface area contributed by atoms with Crippen LogP contribution >= 0.6 is 0 Å². The van der Waals surface area contributed by atoms with Crippen molar-refractivity contribution in [1.29, 1.82) is 0 Å². The van der Waals surface area contributed by atoms with Crippen LogP contribution in [0.25, 0.3) is 0 Å². The van der Waals surface area contributed by atoms with E-state index in [1.807, 2.05) is 34.1 Å². The van der Waals surface area contributed by atoms with Gasteiger partial charge >= 0.3 is 0 Å². The third-order valence-electron chi connectivity index (χ3n) is 4.98. The third-order valence-corrected chi connectivity index (χ3v) is 4.98. The highest BCUT2D eigenvalue weighted by Crippen LogP contribution is 2.25. The van der Waals surface area contributed by atoms with Crippen LogP contribution in [-0.4, -0.2) is 42.9 Å². The van der Waals surface area contributed by atoms with E-state index in [-0.39, 0.29) is 17.6 Å². The first-order valence-electron chi connectivity index (χ1n) is 8.79. The molecule has 1 saturated heterocycles. The van der Waals surface area contributed by atoms with E-state index in [1.165, 1.54) is 6.07 Å². The molecule has 2 heterocycles. The Morgan fingerprint density at radius 1 is 1.08 bits per heavy atom. The number of anilines is 2. The topological polar surface area (TPSA) is 52.7 Å². The maximum Gasteiger partial charge on any atom is 0.228 e. The molecule has 0 aromatic heterocycles. The molecule has 0 spiro atoms. The second kappa shape index (κ2) is 6.78. The van der Waals surface area contributed by atoms with Crippen LogP contribution in [0.1, 0.15) is 11.1 Å². The highest BCUT2D eigenvalue weighted by Gasteiger charge is 2.23. The van der Waals surface area contributed by atoms with E-state index in [1.54, 1.807) is 12.1 Å². The summed E-state index contributed by atoms with van der Waals surface area (Å²) in [5.74, 6) is -0.178. The van der Waals surface area contributed by atoms with Crippen LogP contribution in [0.3, 0.4) is 0 Å². The molecule has 2 aromatic rings. The number of fused-ring (bicyclic) bond motifs is 1. The first-order chi connectivity index (χ1) is 12.6. The molecule has 6 heteroatoms. The summed E-state index contributed by atoms with van der Waals surface area (Å²) in [6, 6.07) is 12.4. The molecule has 5 nitrogen and oxygen atoms in total. The summed E-state index contributed by atoms with van der Waals surface area (Å²) in [5, 5.41) is 2.81. The van der Waals surface area contributed by atoms with Crippen LogP contribution in [0.2, 0.25) is 0 Å². The van der Waals surface area contributed by atoms with Crippen molar-refractivity contribution in [3.8, 4) is 0 Å². The highest BCUT2D eigenvalue weighted by atomic mass is 19.1. The fourth-order valence-electron chi connectivity index (χ4n) is 3.56. The largest absolute Gasteiger partial charge is 0.366 e. The monoisotopic (exact) mass is 353 g/mol. The highest BCUT2D eigenvalue weighted by molar-refractivity contribution is 5.99. The zero-order chi connectivity index (χ0) is 18.1. The van der Waals surface area contributed by atoms with Crippen LogP contribution < -0.4 is 10.2 Å². The Morgan fingerprint density at radius 3 is 2.62 bits per heavy atom. The molecule has 0 radical (unpaired) electrons. The third kappa shape index (κ3) is 3.27. The quantitative estimate of drug-likeness (QED) is 0.921. The number of carbonyl (C=O) groups excluding carboxylic acids is 2. The predicted molar refractivity (Wildman–Crippen MR) is 97.7 cm³/mol. The maximum atomic E-state index is 13.9. The lowest BCUT2D eigenvalue weighted by atomic mass is 10.1. The molecule has 0 unspecified atom stereocenters. The van der Waals surface area contributed by atoms with Gasteiger partial charge in [-0.2, -0.15) is 0 Å². The van der Waals surface area contributed by atoms with Gasteiger partial charge in [0.2, 0.25) is 11.8 Å². The minimum Gasteiger partial charge on any atom is -0.366 e. The summed E-state index contributed by atoms with van der Waals surface area (Å²) in [4.78, 5) is 27.8. The molecule has 0 saturated carbocycles. The Bertz CT molecular complexity index is 860. The van der Waals surface area contributed by atoms with Crippen molar-refractivity contribution in [2.24, 2.45) is 0 Å². The number of halogens is 1. The van der Waals surface area contributed by atoms with Crippen molar-refractivity contribution in [3.05, 3.63) is 59.4 Å². The van der Waals surface area contributed by atoms with Gasteiger partial charge in [0, 0.05) is 31.9 Å². The lowest BCUT2D eigenvalue weighted by Gasteiger charge is -2.36. The minimum absolute atomic E-state index is 0.00672. The number of amides is 2. The molecule has 134 valence electrons. The Morgan fingerprint density at radius 2 is 1.85 bits per heavy atom. The van der Waals surface area contributed by atoms with E-state index in [0.29, 0.717) is 44.7 Å². The smallest absolute Gasteiger partial charge is 0.228 e. The van der Waals surface area contributed by atoms with Gasteiger partial charge in [0.25, 0.3) is 0 Å². The molecular weight excluding hydrogens is 333 g/mol. The van der Waals surface area contributed by atoms with Gasteiger partial charge in [-0.3, -0.25) is 9.59 Å². The fourth-order valence-corrected chi connectivity index (χ4v) is 3.56. The Balaban J connectivity index is 1.36. The standard InChI is InChI=1S/C20H20FN3O2/c21-16-3-1-2-4-18(16)23-7-9-24(10-8-23)20(26)12-14-5-6-15-13-19(25)22-17(15)11-14/h1-6,11H,7-10,12-13H2,(H,22,25). The van der Waals surface area contributed by atoms with E-state index >= 15 is 0 Å². The second-order valence-corrected chi connectivity index (χ2v) is 6.71. The molecule has 26 heavy (non-hydrogen) atoms. The summed E-state index contributed by atoms with van der Waals surface area (Å²) in [5.41, 5.74) is 3.27. The van der Waals surface area contributed by atoms with Crippen molar-refractivity contribution in [2.45, 2.75) is 12.8 Å². The molecule has 4 rings (SSSR count). The maximum absolute atomic E-state index is 13.9. The number of carbonyl (C=O) groups is 2. The SMILES string of the molecule is O=C1Cc2ccc(CC(=O)N3CCN(c4ccccc4F)CC3)cc2N1. The summed E-state index contributed by atoms with van der Waals surface area (Å²) in [6.07, 6.45) is 0.713. The van der Waals surface area contributed by atoms with E-state index in [4.69, 9.17) is 0 Å². The number of rotatable bonds is 3. The van der Waals surface area contributed by atoms with Crippen molar-refractivity contribution in [1.82, 2.24) is 4.90 Å². The number of hydrogen-bond donors (Lipinski definition) is 1. The molecule has 1 N–H and O–H groups in total. The van der Waals surface area contributed by atoms with Crippen molar-refractivity contribution >= 4 is 23.2 Å². The van der Waals surface area contributed by atoms with Crippen LogP contribution in [0.15, 0.2) is 42.5 Å². The van der Waals surface area contributed by atoms with Gasteiger partial charge in [-0.05, 0) is 29.3 Å². The number of piperazine rings is 1. The average molecular weight is 353 g/mol. The zero-order valence-electron chi connectivity index (χ0n) is 14.4. The number of nitrogens with one attached hydrogen (secondary N) is 1.